The Balaban J connectivity index is 2.17. The highest BCUT2D eigenvalue weighted by molar-refractivity contribution is 6.35. The average Bonchev–Trinajstić information content (AvgIpc) is 2.86. The standard InChI is InChI=1S/C17H16ClN/c1-2-16(13-7-4-3-5-8-13)19-12-11-14-9-6-10-15(18)17(14)19/h3-12,16H,2H2,1H3. The molecule has 0 spiro atoms. The van der Waals surface area contributed by atoms with Gasteiger partial charge in [-0.15, -0.1) is 0 Å². The van der Waals surface area contributed by atoms with Crippen LogP contribution in [0.4, 0.5) is 0 Å². The summed E-state index contributed by atoms with van der Waals surface area (Å²) in [6.45, 7) is 2.21. The zero-order chi connectivity index (χ0) is 13.2. The molecule has 0 saturated carbocycles. The molecule has 0 aliphatic rings. The van der Waals surface area contributed by atoms with Crippen molar-refractivity contribution in [2.75, 3.05) is 0 Å². The normalized spacial score (nSPS) is 12.7. The predicted octanol–water partition coefficient (Wildman–Crippen LogP) is 5.29. The zero-order valence-electron chi connectivity index (χ0n) is 10.9. The van der Waals surface area contributed by atoms with E-state index in [4.69, 9.17) is 11.6 Å². The molecule has 3 aromatic rings. The van der Waals surface area contributed by atoms with Crippen LogP contribution in [0.1, 0.15) is 24.9 Å². The minimum Gasteiger partial charge on any atom is -0.339 e. The van der Waals surface area contributed by atoms with Crippen molar-refractivity contribution >= 4 is 22.5 Å². The molecule has 3 rings (SSSR count). The summed E-state index contributed by atoms with van der Waals surface area (Å²) >= 11 is 6.37. The molecule has 96 valence electrons. The molecule has 0 saturated heterocycles. The van der Waals surface area contributed by atoms with Crippen molar-refractivity contribution in [3.05, 3.63) is 71.4 Å². The van der Waals surface area contributed by atoms with E-state index in [1.165, 1.54) is 10.9 Å². The predicted molar refractivity (Wildman–Crippen MR) is 81.8 cm³/mol. The third kappa shape index (κ3) is 2.15. The van der Waals surface area contributed by atoms with Crippen LogP contribution in [0.25, 0.3) is 10.9 Å². The molecule has 19 heavy (non-hydrogen) atoms. The third-order valence-corrected chi connectivity index (χ3v) is 3.90. The van der Waals surface area contributed by atoms with E-state index >= 15 is 0 Å². The van der Waals surface area contributed by atoms with Crippen LogP contribution in [-0.4, -0.2) is 4.57 Å². The van der Waals surface area contributed by atoms with Crippen molar-refractivity contribution in [1.29, 1.82) is 0 Å². The van der Waals surface area contributed by atoms with Crippen molar-refractivity contribution in [3.8, 4) is 0 Å². The van der Waals surface area contributed by atoms with Crippen molar-refractivity contribution in [3.63, 3.8) is 0 Å². The summed E-state index contributed by atoms with van der Waals surface area (Å²) < 4.78 is 2.28. The fourth-order valence-electron chi connectivity index (χ4n) is 2.70. The van der Waals surface area contributed by atoms with Crippen LogP contribution in [0, 0.1) is 0 Å². The first kappa shape index (κ1) is 12.3. The summed E-state index contributed by atoms with van der Waals surface area (Å²) in [5.74, 6) is 0. The highest BCUT2D eigenvalue weighted by atomic mass is 35.5. The number of rotatable bonds is 3. The monoisotopic (exact) mass is 269 g/mol. The molecule has 0 radical (unpaired) electrons. The molecular weight excluding hydrogens is 254 g/mol. The number of fused-ring (bicyclic) bond motifs is 1. The Kier molecular flexibility index (Phi) is 3.31. The van der Waals surface area contributed by atoms with E-state index in [2.05, 4.69) is 60.2 Å². The van der Waals surface area contributed by atoms with Gasteiger partial charge in [0.1, 0.15) is 0 Å². The van der Waals surface area contributed by atoms with Crippen molar-refractivity contribution in [1.82, 2.24) is 4.57 Å². The molecule has 0 aliphatic carbocycles. The van der Waals surface area contributed by atoms with Gasteiger partial charge in [0.25, 0.3) is 0 Å². The minimum absolute atomic E-state index is 0.332. The fourth-order valence-corrected chi connectivity index (χ4v) is 2.98. The van der Waals surface area contributed by atoms with Crippen LogP contribution in [0.3, 0.4) is 0 Å². The SMILES string of the molecule is CCC(c1ccccc1)n1ccc2cccc(Cl)c21. The molecule has 1 heterocycles. The molecule has 0 amide bonds. The lowest BCUT2D eigenvalue weighted by atomic mass is 10.0. The second-order valence-corrected chi connectivity index (χ2v) is 5.14. The molecule has 0 N–H and O–H groups in total. The van der Waals surface area contributed by atoms with Gasteiger partial charge in [-0.2, -0.15) is 0 Å². The number of para-hydroxylation sites is 1. The van der Waals surface area contributed by atoms with Gasteiger partial charge in [0.2, 0.25) is 0 Å². The number of halogens is 1. The number of benzene rings is 2. The summed E-state index contributed by atoms with van der Waals surface area (Å²) in [6.07, 6.45) is 3.18. The Labute approximate surface area is 118 Å². The minimum atomic E-state index is 0.332. The van der Waals surface area contributed by atoms with Gasteiger partial charge in [0.15, 0.2) is 0 Å². The Morgan fingerprint density at radius 1 is 1.00 bits per heavy atom. The quantitative estimate of drug-likeness (QED) is 0.608. The number of aromatic nitrogens is 1. The summed E-state index contributed by atoms with van der Waals surface area (Å²) in [7, 11) is 0. The summed E-state index contributed by atoms with van der Waals surface area (Å²) in [5.41, 5.74) is 2.45. The highest BCUT2D eigenvalue weighted by Gasteiger charge is 2.14. The molecule has 1 aromatic heterocycles. The van der Waals surface area contributed by atoms with Crippen LogP contribution >= 0.6 is 11.6 Å². The average molecular weight is 270 g/mol. The van der Waals surface area contributed by atoms with E-state index in [1.54, 1.807) is 0 Å². The Bertz CT molecular complexity index is 685. The first-order valence-corrected chi connectivity index (χ1v) is 6.99. The fraction of sp³-hybridized carbons (Fsp3) is 0.176. The van der Waals surface area contributed by atoms with Gasteiger partial charge < -0.3 is 4.57 Å². The molecule has 0 aliphatic heterocycles. The smallest absolute Gasteiger partial charge is 0.0675 e. The maximum atomic E-state index is 6.37. The van der Waals surface area contributed by atoms with Crippen LogP contribution in [0.2, 0.25) is 5.02 Å². The summed E-state index contributed by atoms with van der Waals surface area (Å²) in [4.78, 5) is 0. The molecule has 1 nitrogen and oxygen atoms in total. The largest absolute Gasteiger partial charge is 0.339 e. The summed E-state index contributed by atoms with van der Waals surface area (Å²) in [6, 6.07) is 19.1. The van der Waals surface area contributed by atoms with Crippen LogP contribution in [0.15, 0.2) is 60.8 Å². The van der Waals surface area contributed by atoms with Gasteiger partial charge in [0.05, 0.1) is 16.6 Å². The van der Waals surface area contributed by atoms with Gasteiger partial charge in [-0.3, -0.25) is 0 Å². The van der Waals surface area contributed by atoms with Crippen molar-refractivity contribution in [2.45, 2.75) is 19.4 Å². The lowest BCUT2D eigenvalue weighted by Gasteiger charge is -2.19. The van der Waals surface area contributed by atoms with E-state index in [0.717, 1.165) is 17.0 Å². The lowest BCUT2D eigenvalue weighted by molar-refractivity contribution is 0.585. The van der Waals surface area contributed by atoms with E-state index < -0.39 is 0 Å². The van der Waals surface area contributed by atoms with E-state index in [1.807, 2.05) is 12.1 Å². The molecule has 0 fully saturated rings. The summed E-state index contributed by atoms with van der Waals surface area (Å²) in [5, 5.41) is 2.01. The van der Waals surface area contributed by atoms with Gasteiger partial charge in [-0.05, 0) is 24.1 Å². The van der Waals surface area contributed by atoms with E-state index in [-0.39, 0.29) is 0 Å². The second-order valence-electron chi connectivity index (χ2n) is 4.74. The first-order valence-electron chi connectivity index (χ1n) is 6.61. The Morgan fingerprint density at radius 2 is 1.79 bits per heavy atom. The molecule has 2 heteroatoms. The molecule has 1 atom stereocenters. The van der Waals surface area contributed by atoms with Crippen molar-refractivity contribution < 1.29 is 0 Å². The molecule has 0 bridgehead atoms. The topological polar surface area (TPSA) is 4.93 Å². The van der Waals surface area contributed by atoms with Gasteiger partial charge >= 0.3 is 0 Å². The Morgan fingerprint density at radius 3 is 2.53 bits per heavy atom. The van der Waals surface area contributed by atoms with Crippen molar-refractivity contribution in [2.24, 2.45) is 0 Å². The third-order valence-electron chi connectivity index (χ3n) is 3.60. The van der Waals surface area contributed by atoms with Gasteiger partial charge in [-0.1, -0.05) is 61.0 Å². The molecule has 2 aromatic carbocycles. The van der Waals surface area contributed by atoms with Crippen LogP contribution < -0.4 is 0 Å². The maximum Gasteiger partial charge on any atom is 0.0675 e. The van der Waals surface area contributed by atoms with Crippen LogP contribution in [0.5, 0.6) is 0 Å². The molecule has 1 unspecified atom stereocenters. The zero-order valence-corrected chi connectivity index (χ0v) is 11.6. The van der Waals surface area contributed by atoms with Crippen LogP contribution in [-0.2, 0) is 0 Å². The van der Waals surface area contributed by atoms with Gasteiger partial charge in [-0.25, -0.2) is 0 Å². The van der Waals surface area contributed by atoms with E-state index in [9.17, 15) is 0 Å². The highest BCUT2D eigenvalue weighted by Crippen LogP contribution is 2.31. The second kappa shape index (κ2) is 5.10. The first-order chi connectivity index (χ1) is 9.31. The van der Waals surface area contributed by atoms with E-state index in [0.29, 0.717) is 6.04 Å². The number of hydrogen-bond donors (Lipinski definition) is 0. The number of hydrogen-bond acceptors (Lipinski definition) is 0. The Hall–Kier alpha value is -1.73. The maximum absolute atomic E-state index is 6.37. The van der Waals surface area contributed by atoms with Gasteiger partial charge in [0, 0.05) is 11.6 Å². The lowest BCUT2D eigenvalue weighted by Crippen LogP contribution is -2.08. The number of nitrogens with zero attached hydrogens (tertiary/aromatic N) is 1. The molecular formula is C17H16ClN.